The average Bonchev–Trinajstić information content (AvgIpc) is 2.97. The summed E-state index contributed by atoms with van der Waals surface area (Å²) in [6.07, 6.45) is -2.24. The Hall–Kier alpha value is -2.70. The maximum Gasteiger partial charge on any atom is 0.261 e. The van der Waals surface area contributed by atoms with Crippen LogP contribution in [-0.2, 0) is 37.7 Å². The van der Waals surface area contributed by atoms with Gasteiger partial charge in [-0.25, -0.2) is 0 Å². The summed E-state index contributed by atoms with van der Waals surface area (Å²) in [7, 11) is 1.18. The Morgan fingerprint density at radius 1 is 0.929 bits per heavy atom. The van der Waals surface area contributed by atoms with Gasteiger partial charge in [0.1, 0.15) is 12.2 Å². The Bertz CT molecular complexity index is 1200. The third-order valence-corrected chi connectivity index (χ3v) is 13.0. The Kier molecular flexibility index (Phi) is 10.7. The van der Waals surface area contributed by atoms with Crippen LogP contribution in [0.4, 0.5) is 0 Å². The van der Waals surface area contributed by atoms with Gasteiger partial charge >= 0.3 is 0 Å². The first kappa shape index (κ1) is 33.8. The molecule has 0 spiro atoms. The lowest BCUT2D eigenvalue weighted by Gasteiger charge is -2.52. The highest BCUT2D eigenvalue weighted by atomic mass is 28.4. The first-order chi connectivity index (χ1) is 19.7. The molecule has 1 aliphatic rings. The van der Waals surface area contributed by atoms with Crippen molar-refractivity contribution in [2.45, 2.75) is 76.5 Å². The molecule has 230 valence electrons. The van der Waals surface area contributed by atoms with Gasteiger partial charge in [0.05, 0.1) is 6.61 Å². The zero-order valence-electron chi connectivity index (χ0n) is 26.0. The van der Waals surface area contributed by atoms with Gasteiger partial charge < -0.3 is 33.2 Å². The van der Waals surface area contributed by atoms with Crippen molar-refractivity contribution in [3.05, 3.63) is 72.5 Å². The predicted octanol–water partition coefficient (Wildman–Crippen LogP) is 3.69. The van der Waals surface area contributed by atoms with Crippen molar-refractivity contribution in [2.24, 2.45) is 0 Å². The third kappa shape index (κ3) is 6.45. The summed E-state index contributed by atoms with van der Waals surface area (Å²) in [5.74, 6) is -4.49. The first-order valence-electron chi connectivity index (χ1n) is 13.9. The molecule has 1 aliphatic heterocycles. The van der Waals surface area contributed by atoms with E-state index in [9.17, 15) is 14.7 Å². The summed E-state index contributed by atoms with van der Waals surface area (Å²) in [4.78, 5) is 26.0. The number of carbonyl (C=O) groups excluding carboxylic acids is 2. The molecule has 2 aromatic rings. The average molecular weight is 601 g/mol. The van der Waals surface area contributed by atoms with Gasteiger partial charge in [-0.15, -0.1) is 0 Å². The van der Waals surface area contributed by atoms with E-state index in [0.29, 0.717) is 0 Å². The monoisotopic (exact) mass is 600 g/mol. The molecular formula is C32H44O9Si. The van der Waals surface area contributed by atoms with Crippen LogP contribution in [-0.4, -0.2) is 82.8 Å². The Labute approximate surface area is 249 Å². The fourth-order valence-corrected chi connectivity index (χ4v) is 9.91. The molecule has 1 saturated heterocycles. The number of aliphatic hydroxyl groups is 1. The molecule has 42 heavy (non-hydrogen) atoms. The lowest BCUT2D eigenvalue weighted by molar-refractivity contribution is -0.446. The second kappa shape index (κ2) is 13.3. The maximum atomic E-state index is 14.2. The molecule has 0 aliphatic carbocycles. The molecule has 5 atom stereocenters. The third-order valence-electron chi connectivity index (χ3n) is 8.06. The second-order valence-electron chi connectivity index (χ2n) is 11.6. The van der Waals surface area contributed by atoms with E-state index in [4.69, 9.17) is 28.1 Å². The number of methoxy groups -OCH3 is 3. The van der Waals surface area contributed by atoms with E-state index in [1.165, 1.54) is 34.3 Å². The fraction of sp³-hybridized carbons (Fsp3) is 0.500. The van der Waals surface area contributed by atoms with Gasteiger partial charge in [0.15, 0.2) is 23.4 Å². The molecule has 0 aromatic heterocycles. The minimum absolute atomic E-state index is 0.305. The molecule has 1 N–H and O–H groups in total. The molecule has 1 fully saturated rings. The van der Waals surface area contributed by atoms with Gasteiger partial charge in [-0.2, -0.15) is 0 Å². The van der Waals surface area contributed by atoms with Crippen molar-refractivity contribution in [1.82, 2.24) is 0 Å². The van der Waals surface area contributed by atoms with E-state index in [0.717, 1.165) is 10.4 Å². The van der Waals surface area contributed by atoms with Crippen LogP contribution in [0, 0.1) is 0 Å². The molecule has 10 heteroatoms. The van der Waals surface area contributed by atoms with Gasteiger partial charge in [0.2, 0.25) is 11.6 Å². The van der Waals surface area contributed by atoms with Crippen LogP contribution in [0.3, 0.4) is 0 Å². The highest BCUT2D eigenvalue weighted by molar-refractivity contribution is 6.99. The lowest BCUT2D eigenvalue weighted by atomic mass is 9.97. The Morgan fingerprint density at radius 2 is 1.40 bits per heavy atom. The summed E-state index contributed by atoms with van der Waals surface area (Å²) in [6.45, 7) is 10.5. The molecular weight excluding hydrogens is 556 g/mol. The van der Waals surface area contributed by atoms with Crippen LogP contribution in [0.2, 0.25) is 5.04 Å². The van der Waals surface area contributed by atoms with Crippen LogP contribution in [0.5, 0.6) is 0 Å². The normalized spacial score (nSPS) is 26.1. The van der Waals surface area contributed by atoms with Crippen molar-refractivity contribution in [2.75, 3.05) is 27.9 Å². The number of ether oxygens (including phenoxy) is 5. The summed E-state index contributed by atoms with van der Waals surface area (Å²) in [6, 6.07) is 19.9. The molecule has 9 nitrogen and oxygen atoms in total. The van der Waals surface area contributed by atoms with Crippen molar-refractivity contribution in [1.29, 1.82) is 0 Å². The molecule has 0 radical (unpaired) electrons. The van der Waals surface area contributed by atoms with Gasteiger partial charge in [0.25, 0.3) is 8.32 Å². The molecule has 2 aromatic carbocycles. The number of benzene rings is 2. The van der Waals surface area contributed by atoms with E-state index >= 15 is 0 Å². The number of carbonyl (C=O) groups is 2. The number of aliphatic hydroxyl groups excluding tert-OH is 1. The molecule has 0 amide bonds. The fourth-order valence-electron chi connectivity index (χ4n) is 5.39. The van der Waals surface area contributed by atoms with E-state index < -0.39 is 55.5 Å². The maximum absolute atomic E-state index is 14.2. The van der Waals surface area contributed by atoms with Crippen molar-refractivity contribution in [3.63, 3.8) is 0 Å². The molecule has 3 rings (SSSR count). The van der Waals surface area contributed by atoms with Crippen molar-refractivity contribution < 1.29 is 42.8 Å². The largest absolute Gasteiger partial charge is 0.505 e. The van der Waals surface area contributed by atoms with Crippen LogP contribution in [0.15, 0.2) is 72.5 Å². The van der Waals surface area contributed by atoms with E-state index in [1.807, 2.05) is 60.7 Å². The van der Waals surface area contributed by atoms with Gasteiger partial charge in [-0.05, 0) is 35.3 Å². The Balaban J connectivity index is 2.09. The standard InChI is InChI=1S/C32H44O9Si/c1-22(33)25(34)20-27(36-7)29-28(40-31(5,37-8)32(6,38-9)41-29)26(35)21-39-42(30(2,3)4,23-16-12-10-13-17-23)24-18-14-11-15-19-24/h10-20,27-29,34H,21H2,1-9H3/b25-20-/t27?,28-,29-,31-,32-/m0/s1. The minimum Gasteiger partial charge on any atom is -0.505 e. The summed E-state index contributed by atoms with van der Waals surface area (Å²) in [5.41, 5.74) is 0. The molecule has 0 saturated carbocycles. The zero-order chi connectivity index (χ0) is 31.3. The SMILES string of the molecule is COC(/C=C(\O)C(C)=O)[C@@H]1O[C@](C)(OC)[C@@](C)(OC)O[C@H]1C(=O)CO[Si](c1ccccc1)(c1ccccc1)C(C)(C)C. The van der Waals surface area contributed by atoms with Gasteiger partial charge in [0, 0.05) is 28.3 Å². The number of ketones is 2. The van der Waals surface area contributed by atoms with E-state index in [2.05, 4.69) is 20.8 Å². The van der Waals surface area contributed by atoms with Crippen LogP contribution in [0.1, 0.15) is 41.5 Å². The van der Waals surface area contributed by atoms with Crippen molar-refractivity contribution >= 4 is 30.3 Å². The lowest BCUT2D eigenvalue weighted by Crippen LogP contribution is -2.70. The summed E-state index contributed by atoms with van der Waals surface area (Å²) >= 11 is 0. The topological polar surface area (TPSA) is 110 Å². The number of Topliss-reactive ketones (excluding diaryl/α,β-unsaturated/α-hetero) is 2. The molecule has 1 heterocycles. The summed E-state index contributed by atoms with van der Waals surface area (Å²) < 4.78 is 36.4. The van der Waals surface area contributed by atoms with E-state index in [1.54, 1.807) is 13.8 Å². The molecule has 1 unspecified atom stereocenters. The number of hydrogen-bond acceptors (Lipinski definition) is 9. The quantitative estimate of drug-likeness (QED) is 0.222. The molecule has 0 bridgehead atoms. The van der Waals surface area contributed by atoms with Crippen LogP contribution >= 0.6 is 0 Å². The highest BCUT2D eigenvalue weighted by Gasteiger charge is 2.60. The minimum atomic E-state index is -3.05. The first-order valence-corrected chi connectivity index (χ1v) is 15.8. The second-order valence-corrected chi connectivity index (χ2v) is 16.0. The number of hydrogen-bond donors (Lipinski definition) is 1. The van der Waals surface area contributed by atoms with Gasteiger partial charge in [-0.3, -0.25) is 9.59 Å². The highest BCUT2D eigenvalue weighted by Crippen LogP contribution is 2.41. The number of rotatable bonds is 12. The smallest absolute Gasteiger partial charge is 0.261 e. The van der Waals surface area contributed by atoms with Crippen LogP contribution < -0.4 is 10.4 Å². The van der Waals surface area contributed by atoms with Crippen molar-refractivity contribution in [3.8, 4) is 0 Å². The predicted molar refractivity (Wildman–Crippen MR) is 161 cm³/mol. The Morgan fingerprint density at radius 3 is 1.81 bits per heavy atom. The van der Waals surface area contributed by atoms with E-state index in [-0.39, 0.29) is 11.6 Å². The summed E-state index contributed by atoms with van der Waals surface area (Å²) in [5, 5.41) is 11.9. The van der Waals surface area contributed by atoms with Gasteiger partial charge in [-0.1, -0.05) is 81.4 Å². The number of allylic oxidation sites excluding steroid dienone is 1. The van der Waals surface area contributed by atoms with Crippen LogP contribution in [0.25, 0.3) is 0 Å². The zero-order valence-corrected chi connectivity index (χ0v) is 27.0.